The van der Waals surface area contributed by atoms with Crippen molar-refractivity contribution in [2.45, 2.75) is 25.1 Å². The number of ether oxygens (including phenoxy) is 1. The first-order valence-electron chi connectivity index (χ1n) is 7.70. The normalized spacial score (nSPS) is 19.8. The first-order valence-corrected chi connectivity index (χ1v) is 7.70. The van der Waals surface area contributed by atoms with Crippen molar-refractivity contribution >= 4 is 24.8 Å². The predicted molar refractivity (Wildman–Crippen MR) is 92.4 cm³/mol. The number of rotatable bonds is 4. The van der Waals surface area contributed by atoms with E-state index in [0.29, 0.717) is 11.5 Å². The molecule has 3 rings (SSSR count). The van der Waals surface area contributed by atoms with Gasteiger partial charge in [0.1, 0.15) is 5.75 Å². The zero-order valence-electron chi connectivity index (χ0n) is 13.4. The third kappa shape index (κ3) is 4.69. The molecule has 3 nitrogen and oxygen atoms in total. The highest BCUT2D eigenvalue weighted by Crippen LogP contribution is 2.48. The van der Waals surface area contributed by atoms with Crippen LogP contribution in [0.2, 0.25) is 0 Å². The molecule has 138 valence electrons. The van der Waals surface area contributed by atoms with Crippen LogP contribution in [0.15, 0.2) is 18.2 Å². The van der Waals surface area contributed by atoms with Gasteiger partial charge in [0.2, 0.25) is 0 Å². The van der Waals surface area contributed by atoms with Crippen molar-refractivity contribution in [1.29, 1.82) is 0 Å². The summed E-state index contributed by atoms with van der Waals surface area (Å²) in [4.78, 5) is 2.20. The van der Waals surface area contributed by atoms with Gasteiger partial charge in [-0.05, 0) is 36.5 Å². The minimum absolute atomic E-state index is 0. The molecule has 1 atom stereocenters. The summed E-state index contributed by atoms with van der Waals surface area (Å²) in [5.41, 5.74) is -0.153. The van der Waals surface area contributed by atoms with Gasteiger partial charge < -0.3 is 10.1 Å². The predicted octanol–water partition coefficient (Wildman–Crippen LogP) is 3.91. The maximum Gasteiger partial charge on any atom is 0.416 e. The molecule has 8 heteroatoms. The number of piperazine rings is 1. The number of nitrogens with zero attached hydrogens (tertiary/aromatic N) is 1. The van der Waals surface area contributed by atoms with Crippen molar-refractivity contribution in [3.05, 3.63) is 29.3 Å². The molecule has 0 radical (unpaired) electrons. The van der Waals surface area contributed by atoms with Crippen LogP contribution in [-0.2, 0) is 6.18 Å². The lowest BCUT2D eigenvalue weighted by Crippen LogP contribution is -2.46. The van der Waals surface area contributed by atoms with Crippen LogP contribution in [0.3, 0.4) is 0 Å². The first kappa shape index (κ1) is 21.4. The second kappa shape index (κ2) is 8.61. The lowest BCUT2D eigenvalue weighted by Gasteiger charge is -2.36. The van der Waals surface area contributed by atoms with Gasteiger partial charge in [-0.15, -0.1) is 24.8 Å². The third-order valence-electron chi connectivity index (χ3n) is 4.50. The lowest BCUT2D eigenvalue weighted by atomic mass is 9.94. The summed E-state index contributed by atoms with van der Waals surface area (Å²) in [6, 6.07) is 4.24. The molecule has 24 heavy (non-hydrogen) atoms. The number of hydrogen-bond donors (Lipinski definition) is 1. The van der Waals surface area contributed by atoms with Crippen LogP contribution >= 0.6 is 24.8 Å². The summed E-state index contributed by atoms with van der Waals surface area (Å²) in [5, 5.41) is 3.26. The Morgan fingerprint density at radius 1 is 1.17 bits per heavy atom. The number of methoxy groups -OCH3 is 1. The van der Waals surface area contributed by atoms with Gasteiger partial charge in [-0.2, -0.15) is 13.2 Å². The van der Waals surface area contributed by atoms with Crippen molar-refractivity contribution < 1.29 is 17.9 Å². The molecule has 1 aromatic carbocycles. The smallest absolute Gasteiger partial charge is 0.416 e. The third-order valence-corrected chi connectivity index (χ3v) is 4.50. The summed E-state index contributed by atoms with van der Waals surface area (Å²) >= 11 is 0. The average Bonchev–Trinajstić information content (AvgIpc) is 3.33. The number of halogens is 5. The Balaban J connectivity index is 0.00000144. The molecule has 1 saturated carbocycles. The first-order chi connectivity index (χ1) is 10.5. The fourth-order valence-corrected chi connectivity index (χ4v) is 3.29. The maximum atomic E-state index is 13.5. The van der Waals surface area contributed by atoms with E-state index in [0.717, 1.165) is 45.1 Å². The second-order valence-electron chi connectivity index (χ2n) is 6.02. The molecule has 1 aliphatic carbocycles. The summed E-state index contributed by atoms with van der Waals surface area (Å²) in [5.74, 6) is 0.596. The van der Waals surface area contributed by atoms with E-state index >= 15 is 0 Å². The van der Waals surface area contributed by atoms with Crippen molar-refractivity contribution in [3.63, 3.8) is 0 Å². The number of nitrogens with one attached hydrogen (secondary N) is 1. The standard InChI is InChI=1S/C16H21F3N2O.2ClH/c1-22-12-4-5-13(14(10-12)16(17,18)19)15(11-2-3-11)21-8-6-20-7-9-21;;/h4-5,10-11,15,20H,2-3,6-9H2,1H3;2*1H/t15-;;/m1../s1. The lowest BCUT2D eigenvalue weighted by molar-refractivity contribution is -0.139. The molecule has 0 aromatic heterocycles. The van der Waals surface area contributed by atoms with E-state index in [1.807, 2.05) is 0 Å². The summed E-state index contributed by atoms with van der Waals surface area (Å²) in [6.07, 6.45) is -2.33. The Morgan fingerprint density at radius 2 is 1.79 bits per heavy atom. The molecule has 0 bridgehead atoms. The van der Waals surface area contributed by atoms with Gasteiger partial charge in [0, 0.05) is 32.2 Å². The highest BCUT2D eigenvalue weighted by Gasteiger charge is 2.42. The van der Waals surface area contributed by atoms with Crippen LogP contribution < -0.4 is 10.1 Å². The molecule has 2 aliphatic rings. The molecule has 1 heterocycles. The molecule has 0 spiro atoms. The van der Waals surface area contributed by atoms with E-state index in [1.54, 1.807) is 12.1 Å². The largest absolute Gasteiger partial charge is 0.497 e. The van der Waals surface area contributed by atoms with Gasteiger partial charge in [0.15, 0.2) is 0 Å². The van der Waals surface area contributed by atoms with Crippen LogP contribution in [0, 0.1) is 5.92 Å². The fourth-order valence-electron chi connectivity index (χ4n) is 3.29. The van der Waals surface area contributed by atoms with Gasteiger partial charge in [-0.3, -0.25) is 4.90 Å². The zero-order chi connectivity index (χ0) is 15.7. The molecule has 0 amide bonds. The van der Waals surface area contributed by atoms with E-state index in [2.05, 4.69) is 10.2 Å². The number of alkyl halides is 3. The number of benzene rings is 1. The van der Waals surface area contributed by atoms with Crippen molar-refractivity contribution in [1.82, 2.24) is 10.2 Å². The van der Waals surface area contributed by atoms with E-state index < -0.39 is 11.7 Å². The molecule has 2 fully saturated rings. The van der Waals surface area contributed by atoms with Crippen molar-refractivity contribution in [2.24, 2.45) is 5.92 Å². The van der Waals surface area contributed by atoms with Crippen molar-refractivity contribution in [2.75, 3.05) is 33.3 Å². The minimum Gasteiger partial charge on any atom is -0.497 e. The van der Waals surface area contributed by atoms with E-state index in [9.17, 15) is 13.2 Å². The monoisotopic (exact) mass is 386 g/mol. The molecule has 1 N–H and O–H groups in total. The maximum absolute atomic E-state index is 13.5. The zero-order valence-corrected chi connectivity index (χ0v) is 15.1. The Hall–Kier alpha value is -0.690. The second-order valence-corrected chi connectivity index (χ2v) is 6.02. The van der Waals surface area contributed by atoms with Gasteiger partial charge in [0.25, 0.3) is 0 Å². The van der Waals surface area contributed by atoms with E-state index in [4.69, 9.17) is 4.74 Å². The van der Waals surface area contributed by atoms with Gasteiger partial charge in [-0.1, -0.05) is 6.07 Å². The van der Waals surface area contributed by atoms with Crippen LogP contribution in [-0.4, -0.2) is 38.2 Å². The number of hydrogen-bond acceptors (Lipinski definition) is 3. The summed E-state index contributed by atoms with van der Waals surface area (Å²) in [6.45, 7) is 3.26. The van der Waals surface area contributed by atoms with Crippen molar-refractivity contribution in [3.8, 4) is 5.75 Å². The quantitative estimate of drug-likeness (QED) is 0.848. The highest BCUT2D eigenvalue weighted by molar-refractivity contribution is 5.85. The summed E-state index contributed by atoms with van der Waals surface area (Å²) in [7, 11) is 1.39. The molecule has 1 saturated heterocycles. The van der Waals surface area contributed by atoms with Crippen LogP contribution in [0.25, 0.3) is 0 Å². The van der Waals surface area contributed by atoms with E-state index in [1.165, 1.54) is 7.11 Å². The highest BCUT2D eigenvalue weighted by atomic mass is 35.5. The Morgan fingerprint density at radius 3 is 2.29 bits per heavy atom. The molecular weight excluding hydrogens is 364 g/mol. The minimum atomic E-state index is -4.36. The van der Waals surface area contributed by atoms with E-state index in [-0.39, 0.29) is 36.6 Å². The fraction of sp³-hybridized carbons (Fsp3) is 0.625. The van der Waals surface area contributed by atoms with Gasteiger partial charge in [0.05, 0.1) is 12.7 Å². The molecular formula is C16H23Cl2F3N2O. The molecule has 1 aliphatic heterocycles. The Bertz CT molecular complexity index is 533. The van der Waals surface area contributed by atoms with Crippen LogP contribution in [0.1, 0.15) is 30.0 Å². The summed E-state index contributed by atoms with van der Waals surface area (Å²) < 4.78 is 45.5. The Kier molecular flexibility index (Phi) is 7.66. The van der Waals surface area contributed by atoms with Crippen LogP contribution in [0.4, 0.5) is 13.2 Å². The topological polar surface area (TPSA) is 24.5 Å². The average molecular weight is 387 g/mol. The molecule has 0 unspecified atom stereocenters. The molecule has 1 aromatic rings. The van der Waals surface area contributed by atoms with Gasteiger partial charge >= 0.3 is 6.18 Å². The van der Waals surface area contributed by atoms with Gasteiger partial charge in [-0.25, -0.2) is 0 Å². The van der Waals surface area contributed by atoms with Crippen LogP contribution in [0.5, 0.6) is 5.75 Å². The SMILES string of the molecule is COc1ccc([C@@H](C2CC2)N2CCNCC2)c(C(F)(F)F)c1.Cl.Cl. The Labute approximate surface area is 152 Å².